The minimum absolute atomic E-state index is 1.06. The Hall–Kier alpha value is -5.25. The van der Waals surface area contributed by atoms with Crippen LogP contribution < -0.4 is 4.90 Å². The SMILES string of the molecule is c1ccc(-c2ccc(N(c3cc(-c4ccccc4)c4ccccc4c3)c3cccc4c3sc3ncccc34)cc2)cc1. The summed E-state index contributed by atoms with van der Waals surface area (Å²) in [6.07, 6.45) is 1.88. The standard InChI is InChI=1S/C39H26N2S/c1-3-11-27(12-4-1)28-20-22-31(23-21-28)41(37-19-9-17-34-35-18-10-24-40-39(35)42-38(34)37)32-25-30-15-7-8-16-33(30)36(26-32)29-13-5-2-6-14-29/h1-26H. The molecule has 0 unspecified atom stereocenters. The maximum Gasteiger partial charge on any atom is 0.124 e. The second-order valence-corrected chi connectivity index (χ2v) is 11.4. The first kappa shape index (κ1) is 24.5. The van der Waals surface area contributed by atoms with Gasteiger partial charge in [-0.15, -0.1) is 11.3 Å². The highest BCUT2D eigenvalue weighted by molar-refractivity contribution is 7.26. The summed E-state index contributed by atoms with van der Waals surface area (Å²) in [6, 6.07) is 54.3. The fourth-order valence-corrected chi connectivity index (χ4v) is 7.08. The van der Waals surface area contributed by atoms with Gasteiger partial charge in [-0.2, -0.15) is 0 Å². The topological polar surface area (TPSA) is 16.1 Å². The van der Waals surface area contributed by atoms with Crippen molar-refractivity contribution in [1.29, 1.82) is 0 Å². The van der Waals surface area contributed by atoms with Crippen LogP contribution in [0, 0.1) is 0 Å². The van der Waals surface area contributed by atoms with Crippen molar-refractivity contribution in [3.63, 3.8) is 0 Å². The van der Waals surface area contributed by atoms with E-state index < -0.39 is 0 Å². The lowest BCUT2D eigenvalue weighted by Gasteiger charge is -2.27. The molecule has 8 rings (SSSR count). The van der Waals surface area contributed by atoms with E-state index in [1.54, 1.807) is 11.3 Å². The van der Waals surface area contributed by atoms with Gasteiger partial charge in [-0.3, -0.25) is 0 Å². The quantitative estimate of drug-likeness (QED) is 0.210. The van der Waals surface area contributed by atoms with Crippen LogP contribution in [0.3, 0.4) is 0 Å². The number of nitrogens with zero attached hydrogens (tertiary/aromatic N) is 2. The molecule has 0 aliphatic rings. The van der Waals surface area contributed by atoms with Gasteiger partial charge in [0.15, 0.2) is 0 Å². The van der Waals surface area contributed by atoms with Crippen LogP contribution >= 0.6 is 11.3 Å². The third-order valence-corrected chi connectivity index (χ3v) is 9.07. The highest BCUT2D eigenvalue weighted by Gasteiger charge is 2.20. The Bertz CT molecular complexity index is 2180. The molecule has 0 N–H and O–H groups in total. The molecule has 2 nitrogen and oxygen atoms in total. The van der Waals surface area contributed by atoms with Crippen LogP contribution in [0.25, 0.3) is 53.3 Å². The number of hydrogen-bond acceptors (Lipinski definition) is 3. The molecule has 198 valence electrons. The number of hydrogen-bond donors (Lipinski definition) is 0. The maximum atomic E-state index is 4.70. The molecule has 2 heterocycles. The van der Waals surface area contributed by atoms with E-state index in [9.17, 15) is 0 Å². The van der Waals surface area contributed by atoms with Crippen molar-refractivity contribution in [3.8, 4) is 22.3 Å². The maximum absolute atomic E-state index is 4.70. The molecule has 2 aromatic heterocycles. The Kier molecular flexibility index (Phi) is 6.02. The van der Waals surface area contributed by atoms with Crippen LogP contribution in [0.1, 0.15) is 0 Å². The van der Waals surface area contributed by atoms with E-state index in [-0.39, 0.29) is 0 Å². The van der Waals surface area contributed by atoms with Crippen LogP contribution in [0.2, 0.25) is 0 Å². The van der Waals surface area contributed by atoms with E-state index in [0.29, 0.717) is 0 Å². The number of benzene rings is 6. The number of aromatic nitrogens is 1. The van der Waals surface area contributed by atoms with Gasteiger partial charge in [0.25, 0.3) is 0 Å². The third kappa shape index (κ3) is 4.23. The molecule has 0 saturated carbocycles. The van der Waals surface area contributed by atoms with Gasteiger partial charge in [0.1, 0.15) is 4.83 Å². The lowest BCUT2D eigenvalue weighted by atomic mass is 9.96. The average molecular weight is 555 g/mol. The van der Waals surface area contributed by atoms with Crippen LogP contribution in [0.4, 0.5) is 17.1 Å². The molecule has 3 heteroatoms. The van der Waals surface area contributed by atoms with E-state index in [4.69, 9.17) is 4.98 Å². The van der Waals surface area contributed by atoms with Crippen molar-refractivity contribution < 1.29 is 0 Å². The van der Waals surface area contributed by atoms with Gasteiger partial charge < -0.3 is 4.90 Å². The summed E-state index contributed by atoms with van der Waals surface area (Å²) >= 11 is 1.76. The van der Waals surface area contributed by atoms with E-state index in [2.05, 4.69) is 150 Å². The van der Waals surface area contributed by atoms with Crippen LogP contribution in [-0.2, 0) is 0 Å². The highest BCUT2D eigenvalue weighted by atomic mass is 32.1. The third-order valence-electron chi connectivity index (χ3n) is 7.92. The fraction of sp³-hybridized carbons (Fsp3) is 0. The van der Waals surface area contributed by atoms with Crippen molar-refractivity contribution >= 4 is 59.5 Å². The minimum Gasteiger partial charge on any atom is -0.309 e. The molecule has 0 bridgehead atoms. The lowest BCUT2D eigenvalue weighted by Crippen LogP contribution is -2.10. The Labute approximate surface area is 248 Å². The molecule has 0 spiro atoms. The van der Waals surface area contributed by atoms with Gasteiger partial charge >= 0.3 is 0 Å². The number of thiophene rings is 1. The first-order valence-corrected chi connectivity index (χ1v) is 15.0. The normalized spacial score (nSPS) is 11.3. The molecular formula is C39H26N2S. The molecule has 0 amide bonds. The summed E-state index contributed by atoms with van der Waals surface area (Å²) in [6.45, 7) is 0. The zero-order chi connectivity index (χ0) is 27.9. The highest BCUT2D eigenvalue weighted by Crippen LogP contribution is 2.46. The molecule has 0 saturated heterocycles. The van der Waals surface area contributed by atoms with Gasteiger partial charge in [-0.1, -0.05) is 109 Å². The summed E-state index contributed by atoms with van der Waals surface area (Å²) < 4.78 is 1.23. The largest absolute Gasteiger partial charge is 0.309 e. The lowest BCUT2D eigenvalue weighted by molar-refractivity contribution is 1.31. The molecular weight excluding hydrogens is 529 g/mol. The van der Waals surface area contributed by atoms with Crippen molar-refractivity contribution in [2.45, 2.75) is 0 Å². The first-order valence-electron chi connectivity index (χ1n) is 14.1. The molecule has 0 radical (unpaired) electrons. The summed E-state index contributed by atoms with van der Waals surface area (Å²) in [4.78, 5) is 8.17. The van der Waals surface area contributed by atoms with Gasteiger partial charge in [0.2, 0.25) is 0 Å². The smallest absolute Gasteiger partial charge is 0.124 e. The summed E-state index contributed by atoms with van der Waals surface area (Å²) in [5, 5.41) is 4.89. The van der Waals surface area contributed by atoms with Crippen molar-refractivity contribution in [2.24, 2.45) is 0 Å². The molecule has 0 fully saturated rings. The summed E-state index contributed by atoms with van der Waals surface area (Å²) in [5.74, 6) is 0. The molecule has 0 atom stereocenters. The minimum atomic E-state index is 1.06. The number of fused-ring (bicyclic) bond motifs is 4. The molecule has 8 aromatic rings. The van der Waals surface area contributed by atoms with Gasteiger partial charge in [-0.25, -0.2) is 4.98 Å². The zero-order valence-electron chi connectivity index (χ0n) is 22.8. The van der Waals surface area contributed by atoms with Crippen LogP contribution in [-0.4, -0.2) is 4.98 Å². The molecule has 0 aliphatic heterocycles. The first-order chi connectivity index (χ1) is 20.8. The predicted octanol–water partition coefficient (Wildman–Crippen LogP) is 11.4. The second kappa shape index (κ2) is 10.3. The van der Waals surface area contributed by atoms with Crippen LogP contribution in [0.5, 0.6) is 0 Å². The van der Waals surface area contributed by atoms with Crippen molar-refractivity contribution in [2.75, 3.05) is 4.90 Å². The number of anilines is 3. The Morgan fingerprint density at radius 1 is 0.476 bits per heavy atom. The summed E-state index contributed by atoms with van der Waals surface area (Å²) in [7, 11) is 0. The van der Waals surface area contributed by atoms with E-state index in [1.807, 2.05) is 12.3 Å². The van der Waals surface area contributed by atoms with Gasteiger partial charge in [0, 0.05) is 28.3 Å². The Morgan fingerprint density at radius 2 is 1.14 bits per heavy atom. The monoisotopic (exact) mass is 554 g/mol. The second-order valence-electron chi connectivity index (χ2n) is 10.4. The number of pyridine rings is 1. The fourth-order valence-electron chi connectivity index (χ4n) is 5.94. The zero-order valence-corrected chi connectivity index (χ0v) is 23.6. The van der Waals surface area contributed by atoms with Crippen LogP contribution in [0.15, 0.2) is 158 Å². The number of rotatable bonds is 5. The predicted molar refractivity (Wildman–Crippen MR) is 180 cm³/mol. The van der Waals surface area contributed by atoms with Gasteiger partial charge in [-0.05, 0) is 75.5 Å². The van der Waals surface area contributed by atoms with Crippen molar-refractivity contribution in [1.82, 2.24) is 4.98 Å². The molecule has 6 aromatic carbocycles. The average Bonchev–Trinajstić information content (AvgIpc) is 3.45. The van der Waals surface area contributed by atoms with E-state index >= 15 is 0 Å². The molecule has 0 aliphatic carbocycles. The van der Waals surface area contributed by atoms with Crippen molar-refractivity contribution in [3.05, 3.63) is 158 Å². The Morgan fingerprint density at radius 3 is 1.95 bits per heavy atom. The van der Waals surface area contributed by atoms with Gasteiger partial charge in [0.05, 0.1) is 10.4 Å². The Balaban J connectivity index is 1.39. The molecule has 42 heavy (non-hydrogen) atoms. The summed E-state index contributed by atoms with van der Waals surface area (Å²) in [5.41, 5.74) is 8.23. The van der Waals surface area contributed by atoms with E-state index in [1.165, 1.54) is 48.5 Å². The van der Waals surface area contributed by atoms with E-state index in [0.717, 1.165) is 21.9 Å².